The second kappa shape index (κ2) is 9.91. The third-order valence-electron chi connectivity index (χ3n) is 5.14. The Balaban J connectivity index is 1.50. The standard InChI is InChI=1S/C20H24F3N5O4S/c1-12(9-20(21,22)23)27-19(29)32-16-5-2-13(8-16)14-10-25-18(26-11-14)28-15-3-6-17(7-4-15)33(24,30)31/h3-4,6-7,10-13,16H,2,5,8-9H2,1H3,(H,27,29)(H2,24,30,31)(H,25,26,28)/t12-,13-,16-/m0/s1. The van der Waals surface area contributed by atoms with E-state index in [1.165, 1.54) is 31.2 Å². The van der Waals surface area contributed by atoms with E-state index in [2.05, 4.69) is 20.6 Å². The highest BCUT2D eigenvalue weighted by Crippen LogP contribution is 2.35. The molecule has 4 N–H and O–H groups in total. The number of benzene rings is 1. The van der Waals surface area contributed by atoms with Crippen molar-refractivity contribution >= 4 is 27.8 Å². The van der Waals surface area contributed by atoms with Gasteiger partial charge in [-0.25, -0.2) is 28.3 Å². The highest BCUT2D eigenvalue weighted by Gasteiger charge is 2.32. The maximum atomic E-state index is 12.4. The van der Waals surface area contributed by atoms with E-state index < -0.39 is 40.9 Å². The molecular weight excluding hydrogens is 463 g/mol. The first-order chi connectivity index (χ1) is 15.4. The maximum Gasteiger partial charge on any atom is 0.407 e. The fourth-order valence-corrected chi connectivity index (χ4v) is 4.12. The number of ether oxygens (including phenoxy) is 1. The number of hydrogen-bond donors (Lipinski definition) is 3. The van der Waals surface area contributed by atoms with E-state index in [1.54, 1.807) is 12.4 Å². The maximum absolute atomic E-state index is 12.4. The average Bonchev–Trinajstić information content (AvgIpc) is 3.15. The van der Waals surface area contributed by atoms with Crippen LogP contribution in [0.1, 0.15) is 44.1 Å². The van der Waals surface area contributed by atoms with Crippen LogP contribution in [-0.4, -0.2) is 42.8 Å². The summed E-state index contributed by atoms with van der Waals surface area (Å²) in [4.78, 5) is 20.4. The van der Waals surface area contributed by atoms with Crippen LogP contribution in [-0.2, 0) is 14.8 Å². The van der Waals surface area contributed by atoms with Crippen LogP contribution >= 0.6 is 0 Å². The topological polar surface area (TPSA) is 136 Å². The lowest BCUT2D eigenvalue weighted by atomic mass is 10.0. The zero-order valence-electron chi connectivity index (χ0n) is 17.7. The quantitative estimate of drug-likeness (QED) is 0.543. The summed E-state index contributed by atoms with van der Waals surface area (Å²) in [5.41, 5.74) is 1.43. The van der Waals surface area contributed by atoms with Crippen LogP contribution in [0.25, 0.3) is 0 Å². The largest absolute Gasteiger partial charge is 0.446 e. The molecule has 3 rings (SSSR count). The number of primary sulfonamides is 1. The summed E-state index contributed by atoms with van der Waals surface area (Å²) in [5.74, 6) is 0.365. The highest BCUT2D eigenvalue weighted by molar-refractivity contribution is 7.89. The molecule has 2 aromatic rings. The Hall–Kier alpha value is -2.93. The Morgan fingerprint density at radius 2 is 1.85 bits per heavy atom. The van der Waals surface area contributed by atoms with Gasteiger partial charge in [0.1, 0.15) is 6.10 Å². The number of carbonyl (C=O) groups is 1. The predicted molar refractivity (Wildman–Crippen MR) is 113 cm³/mol. The Bertz CT molecular complexity index is 1060. The van der Waals surface area contributed by atoms with Gasteiger partial charge in [0, 0.05) is 24.1 Å². The molecule has 1 aromatic heterocycles. The number of sulfonamides is 1. The first-order valence-corrected chi connectivity index (χ1v) is 11.7. The second-order valence-electron chi connectivity index (χ2n) is 7.94. The molecule has 0 saturated heterocycles. The van der Waals surface area contributed by atoms with Crippen molar-refractivity contribution in [2.75, 3.05) is 5.32 Å². The molecule has 1 amide bonds. The number of halogens is 3. The van der Waals surface area contributed by atoms with Crippen molar-refractivity contribution in [1.82, 2.24) is 15.3 Å². The zero-order chi connectivity index (χ0) is 24.2. The van der Waals surface area contributed by atoms with Crippen molar-refractivity contribution in [3.63, 3.8) is 0 Å². The normalized spacial score (nSPS) is 19.7. The molecule has 9 nitrogen and oxygen atoms in total. The zero-order valence-corrected chi connectivity index (χ0v) is 18.5. The van der Waals surface area contributed by atoms with E-state index in [9.17, 15) is 26.4 Å². The molecule has 13 heteroatoms. The fraction of sp³-hybridized carbons (Fsp3) is 0.450. The highest BCUT2D eigenvalue weighted by atomic mass is 32.2. The Kier molecular flexibility index (Phi) is 7.42. The van der Waals surface area contributed by atoms with Crippen LogP contribution < -0.4 is 15.8 Å². The van der Waals surface area contributed by atoms with E-state index in [0.29, 0.717) is 24.5 Å². The molecule has 0 aliphatic heterocycles. The van der Waals surface area contributed by atoms with Crippen LogP contribution in [0.2, 0.25) is 0 Å². The molecule has 0 spiro atoms. The number of alkyl carbamates (subject to hydrolysis) is 1. The fourth-order valence-electron chi connectivity index (χ4n) is 3.61. The Morgan fingerprint density at radius 3 is 2.42 bits per heavy atom. The number of amides is 1. The summed E-state index contributed by atoms with van der Waals surface area (Å²) in [7, 11) is -3.77. The summed E-state index contributed by atoms with van der Waals surface area (Å²) in [5, 5.41) is 10.2. The van der Waals surface area contributed by atoms with E-state index in [-0.39, 0.29) is 10.8 Å². The third-order valence-corrected chi connectivity index (χ3v) is 6.07. The predicted octanol–water partition coefficient (Wildman–Crippen LogP) is 3.57. The molecule has 33 heavy (non-hydrogen) atoms. The third kappa shape index (κ3) is 7.56. The number of aromatic nitrogens is 2. The average molecular weight is 488 g/mol. The number of rotatable bonds is 7. The van der Waals surface area contributed by atoms with Gasteiger partial charge < -0.3 is 15.4 Å². The Morgan fingerprint density at radius 1 is 1.21 bits per heavy atom. The van der Waals surface area contributed by atoms with E-state index >= 15 is 0 Å². The minimum atomic E-state index is -4.36. The van der Waals surface area contributed by atoms with Crippen LogP contribution in [0.4, 0.5) is 29.6 Å². The van der Waals surface area contributed by atoms with Crippen molar-refractivity contribution in [2.45, 2.75) is 61.7 Å². The molecule has 1 aliphatic carbocycles. The van der Waals surface area contributed by atoms with E-state index in [4.69, 9.17) is 9.88 Å². The van der Waals surface area contributed by atoms with Crippen LogP contribution in [0.5, 0.6) is 0 Å². The van der Waals surface area contributed by atoms with Crippen LogP contribution in [0.3, 0.4) is 0 Å². The van der Waals surface area contributed by atoms with Gasteiger partial charge >= 0.3 is 12.3 Å². The summed E-state index contributed by atoms with van der Waals surface area (Å²) in [6.07, 6.45) is -1.62. The summed E-state index contributed by atoms with van der Waals surface area (Å²) < 4.78 is 65.0. The summed E-state index contributed by atoms with van der Waals surface area (Å²) in [6.45, 7) is 1.27. The van der Waals surface area contributed by atoms with Gasteiger partial charge in [0.05, 0.1) is 11.3 Å². The number of alkyl halides is 3. The van der Waals surface area contributed by atoms with Crippen LogP contribution in [0.15, 0.2) is 41.6 Å². The minimum Gasteiger partial charge on any atom is -0.446 e. The molecule has 1 saturated carbocycles. The van der Waals surface area contributed by atoms with Gasteiger partial charge in [-0.15, -0.1) is 0 Å². The number of carbonyl (C=O) groups excluding carboxylic acids is 1. The van der Waals surface area contributed by atoms with Crippen molar-refractivity contribution in [2.24, 2.45) is 5.14 Å². The smallest absolute Gasteiger partial charge is 0.407 e. The number of anilines is 2. The monoisotopic (exact) mass is 487 g/mol. The van der Waals surface area contributed by atoms with E-state index in [1.807, 2.05) is 0 Å². The molecular formula is C20H24F3N5O4S. The molecule has 1 aliphatic rings. The van der Waals surface area contributed by atoms with Gasteiger partial charge in [-0.1, -0.05) is 0 Å². The second-order valence-corrected chi connectivity index (χ2v) is 9.50. The summed E-state index contributed by atoms with van der Waals surface area (Å²) >= 11 is 0. The van der Waals surface area contributed by atoms with Crippen molar-refractivity contribution < 1.29 is 31.1 Å². The lowest BCUT2D eigenvalue weighted by Crippen LogP contribution is -2.37. The number of nitrogens with one attached hydrogen (secondary N) is 2. The number of nitrogens with zero attached hydrogens (tertiary/aromatic N) is 2. The molecule has 1 aromatic carbocycles. The molecule has 180 valence electrons. The van der Waals surface area contributed by atoms with Gasteiger partial charge in [-0.3, -0.25) is 0 Å². The minimum absolute atomic E-state index is 0.00851. The number of nitrogens with two attached hydrogens (primary N) is 1. The Labute approximate surface area is 189 Å². The molecule has 1 heterocycles. The van der Waals surface area contributed by atoms with Crippen LogP contribution in [0, 0.1) is 0 Å². The van der Waals surface area contributed by atoms with Crippen molar-refractivity contribution in [1.29, 1.82) is 0 Å². The van der Waals surface area contributed by atoms with Gasteiger partial charge in [-0.2, -0.15) is 13.2 Å². The summed E-state index contributed by atoms with van der Waals surface area (Å²) in [6, 6.07) is 4.74. The van der Waals surface area contributed by atoms with Crippen molar-refractivity contribution in [3.05, 3.63) is 42.2 Å². The van der Waals surface area contributed by atoms with Gasteiger partial charge in [-0.05, 0) is 61.9 Å². The first-order valence-electron chi connectivity index (χ1n) is 10.1. The molecule has 0 unspecified atom stereocenters. The molecule has 3 atom stereocenters. The van der Waals surface area contributed by atoms with Crippen molar-refractivity contribution in [3.8, 4) is 0 Å². The lowest BCUT2D eigenvalue weighted by molar-refractivity contribution is -0.138. The lowest BCUT2D eigenvalue weighted by Gasteiger charge is -2.18. The van der Waals surface area contributed by atoms with E-state index in [0.717, 1.165) is 12.0 Å². The molecule has 0 bridgehead atoms. The number of hydrogen-bond acceptors (Lipinski definition) is 7. The molecule has 1 fully saturated rings. The molecule has 0 radical (unpaired) electrons. The first kappa shape index (κ1) is 24.7. The van der Waals surface area contributed by atoms with Gasteiger partial charge in [0.25, 0.3) is 0 Å². The SMILES string of the molecule is C[C@@H](CC(F)(F)F)NC(=O)O[C@H]1CC[C@H](c2cnc(Nc3ccc(S(N)(=O)=O)cc3)nc2)C1. The van der Waals surface area contributed by atoms with Gasteiger partial charge in [0.15, 0.2) is 0 Å². The van der Waals surface area contributed by atoms with Gasteiger partial charge in [0.2, 0.25) is 16.0 Å².